The molecule has 0 aromatic carbocycles. The molecule has 0 bridgehead atoms. The second kappa shape index (κ2) is 9.96. The SMILES string of the molecule is C=CC[C@@H]1CC=C[C@@H](C)N1C(=O)CCCn1nnnc1CN1CCC(C)CC1. The zero-order valence-corrected chi connectivity index (χ0v) is 17.3. The first-order valence-corrected chi connectivity index (χ1v) is 10.6. The minimum absolute atomic E-state index is 0.149. The standard InChI is InChI=1S/C21H34N6O/c1-4-7-19-9-5-8-18(3)27(19)21(28)10-6-13-26-20(22-23-24-26)16-25-14-11-17(2)12-15-25/h4-5,8,17-19H,1,6-7,9-16H2,2-3H3/t18-,19-/m1/s1. The Labute approximate surface area is 168 Å². The van der Waals surface area contributed by atoms with E-state index in [0.717, 1.165) is 50.6 Å². The van der Waals surface area contributed by atoms with Gasteiger partial charge in [-0.25, -0.2) is 4.68 Å². The van der Waals surface area contributed by atoms with Crippen LogP contribution in [0.3, 0.4) is 0 Å². The lowest BCUT2D eigenvalue weighted by molar-refractivity contribution is -0.135. The zero-order valence-electron chi connectivity index (χ0n) is 17.3. The summed E-state index contributed by atoms with van der Waals surface area (Å²) < 4.78 is 1.87. The topological polar surface area (TPSA) is 67.2 Å². The van der Waals surface area contributed by atoms with Crippen molar-refractivity contribution in [1.29, 1.82) is 0 Å². The molecule has 1 aromatic rings. The maximum Gasteiger partial charge on any atom is 0.223 e. The van der Waals surface area contributed by atoms with E-state index >= 15 is 0 Å². The molecule has 1 fully saturated rings. The summed E-state index contributed by atoms with van der Waals surface area (Å²) in [4.78, 5) is 17.3. The van der Waals surface area contributed by atoms with Crippen molar-refractivity contribution < 1.29 is 4.79 Å². The van der Waals surface area contributed by atoms with Gasteiger partial charge in [0.2, 0.25) is 5.91 Å². The molecule has 154 valence electrons. The number of tetrazole rings is 1. The van der Waals surface area contributed by atoms with Gasteiger partial charge in [-0.05, 0) is 68.5 Å². The Balaban J connectivity index is 1.49. The number of carbonyl (C=O) groups is 1. The van der Waals surface area contributed by atoms with Crippen LogP contribution in [0.25, 0.3) is 0 Å². The van der Waals surface area contributed by atoms with Gasteiger partial charge in [0, 0.05) is 25.0 Å². The summed E-state index contributed by atoms with van der Waals surface area (Å²) >= 11 is 0. The molecule has 2 aliphatic rings. The summed E-state index contributed by atoms with van der Waals surface area (Å²) in [7, 11) is 0. The number of carbonyl (C=O) groups excluding carboxylic acids is 1. The predicted octanol–water partition coefficient (Wildman–Crippen LogP) is 2.81. The number of hydrogen-bond acceptors (Lipinski definition) is 5. The summed E-state index contributed by atoms with van der Waals surface area (Å²) in [6.07, 6.45) is 11.7. The van der Waals surface area contributed by atoms with Crippen molar-refractivity contribution in [3.63, 3.8) is 0 Å². The highest BCUT2D eigenvalue weighted by atomic mass is 16.2. The molecule has 0 radical (unpaired) electrons. The van der Waals surface area contributed by atoms with Crippen molar-refractivity contribution in [1.82, 2.24) is 30.0 Å². The highest BCUT2D eigenvalue weighted by Gasteiger charge is 2.28. The average molecular weight is 387 g/mol. The molecular formula is C21H34N6O. The molecule has 2 atom stereocenters. The van der Waals surface area contributed by atoms with Crippen LogP contribution in [0.1, 0.15) is 58.2 Å². The van der Waals surface area contributed by atoms with E-state index in [-0.39, 0.29) is 18.0 Å². The van der Waals surface area contributed by atoms with Crippen LogP contribution in [0.4, 0.5) is 0 Å². The van der Waals surface area contributed by atoms with Crippen LogP contribution in [0.2, 0.25) is 0 Å². The molecule has 28 heavy (non-hydrogen) atoms. The van der Waals surface area contributed by atoms with Crippen LogP contribution >= 0.6 is 0 Å². The van der Waals surface area contributed by atoms with Gasteiger partial charge in [-0.3, -0.25) is 9.69 Å². The summed E-state index contributed by atoms with van der Waals surface area (Å²) in [6, 6.07) is 0.381. The van der Waals surface area contributed by atoms with E-state index in [0.29, 0.717) is 13.0 Å². The predicted molar refractivity (Wildman–Crippen MR) is 109 cm³/mol. The summed E-state index contributed by atoms with van der Waals surface area (Å²) in [6.45, 7) is 11.9. The maximum atomic E-state index is 12.8. The Bertz CT molecular complexity index is 676. The molecule has 1 saturated heterocycles. The molecule has 1 amide bonds. The molecule has 3 heterocycles. The number of aromatic nitrogens is 4. The van der Waals surface area contributed by atoms with Crippen molar-refractivity contribution >= 4 is 5.91 Å². The summed E-state index contributed by atoms with van der Waals surface area (Å²) in [5.74, 6) is 1.93. The van der Waals surface area contributed by atoms with E-state index in [1.54, 1.807) is 0 Å². The van der Waals surface area contributed by atoms with Crippen LogP contribution in [-0.2, 0) is 17.9 Å². The van der Waals surface area contributed by atoms with Crippen LogP contribution in [0.15, 0.2) is 24.8 Å². The third-order valence-corrected chi connectivity index (χ3v) is 5.99. The molecule has 0 spiro atoms. The lowest BCUT2D eigenvalue weighted by Gasteiger charge is -2.37. The van der Waals surface area contributed by atoms with Gasteiger partial charge in [0.25, 0.3) is 0 Å². The van der Waals surface area contributed by atoms with Gasteiger partial charge in [-0.2, -0.15) is 0 Å². The van der Waals surface area contributed by atoms with Gasteiger partial charge in [0.15, 0.2) is 5.82 Å². The maximum absolute atomic E-state index is 12.8. The fourth-order valence-electron chi connectivity index (χ4n) is 4.24. The quantitative estimate of drug-likeness (QED) is 0.643. The molecule has 0 unspecified atom stereocenters. The molecule has 0 N–H and O–H groups in total. The molecule has 2 aliphatic heterocycles. The fraction of sp³-hybridized carbons (Fsp3) is 0.714. The molecule has 3 rings (SSSR count). The number of hydrogen-bond donors (Lipinski definition) is 0. The lowest BCUT2D eigenvalue weighted by Crippen LogP contribution is -2.46. The highest BCUT2D eigenvalue weighted by molar-refractivity contribution is 5.77. The minimum Gasteiger partial charge on any atom is -0.333 e. The minimum atomic E-state index is 0.149. The summed E-state index contributed by atoms with van der Waals surface area (Å²) in [5, 5.41) is 12.2. The smallest absolute Gasteiger partial charge is 0.223 e. The van der Waals surface area contributed by atoms with Gasteiger partial charge in [-0.1, -0.05) is 25.2 Å². The first-order valence-electron chi connectivity index (χ1n) is 10.6. The van der Waals surface area contributed by atoms with Crippen LogP contribution in [0, 0.1) is 5.92 Å². The number of aryl methyl sites for hydroxylation is 1. The van der Waals surface area contributed by atoms with Gasteiger partial charge in [-0.15, -0.1) is 11.7 Å². The Kier molecular flexibility index (Phi) is 7.36. The molecule has 0 aliphatic carbocycles. The van der Waals surface area contributed by atoms with Gasteiger partial charge < -0.3 is 4.90 Å². The number of amides is 1. The van der Waals surface area contributed by atoms with E-state index < -0.39 is 0 Å². The van der Waals surface area contributed by atoms with Gasteiger partial charge in [0.1, 0.15) is 0 Å². The van der Waals surface area contributed by atoms with Crippen molar-refractivity contribution in [2.45, 2.75) is 77.5 Å². The first kappa shape index (κ1) is 20.7. The normalized spacial score (nSPS) is 23.9. The van der Waals surface area contributed by atoms with E-state index in [4.69, 9.17) is 0 Å². The Morgan fingerprint density at radius 1 is 1.32 bits per heavy atom. The zero-order chi connectivity index (χ0) is 19.9. The molecule has 7 heteroatoms. The Morgan fingerprint density at radius 3 is 2.86 bits per heavy atom. The number of likely N-dealkylation sites (tertiary alicyclic amines) is 1. The van der Waals surface area contributed by atoms with Crippen molar-refractivity contribution in [2.75, 3.05) is 13.1 Å². The highest BCUT2D eigenvalue weighted by Crippen LogP contribution is 2.22. The fourth-order valence-corrected chi connectivity index (χ4v) is 4.24. The number of nitrogens with zero attached hydrogens (tertiary/aromatic N) is 6. The third-order valence-electron chi connectivity index (χ3n) is 5.99. The van der Waals surface area contributed by atoms with E-state index in [1.807, 2.05) is 15.7 Å². The molecule has 0 saturated carbocycles. The van der Waals surface area contributed by atoms with E-state index in [9.17, 15) is 4.79 Å². The lowest BCUT2D eigenvalue weighted by atomic mass is 9.99. The molecule has 1 aromatic heterocycles. The van der Waals surface area contributed by atoms with Crippen molar-refractivity contribution in [3.8, 4) is 0 Å². The largest absolute Gasteiger partial charge is 0.333 e. The Morgan fingerprint density at radius 2 is 2.11 bits per heavy atom. The number of rotatable bonds is 8. The van der Waals surface area contributed by atoms with E-state index in [2.05, 4.69) is 53.0 Å². The third kappa shape index (κ3) is 5.28. The van der Waals surface area contributed by atoms with Crippen LogP contribution in [-0.4, -0.2) is 61.1 Å². The average Bonchev–Trinajstić information content (AvgIpc) is 3.11. The van der Waals surface area contributed by atoms with Crippen LogP contribution < -0.4 is 0 Å². The summed E-state index contributed by atoms with van der Waals surface area (Å²) in [5.41, 5.74) is 0. The monoisotopic (exact) mass is 386 g/mol. The number of piperidine rings is 1. The first-order chi connectivity index (χ1) is 13.6. The van der Waals surface area contributed by atoms with Crippen molar-refractivity contribution in [3.05, 3.63) is 30.6 Å². The van der Waals surface area contributed by atoms with E-state index in [1.165, 1.54) is 12.8 Å². The van der Waals surface area contributed by atoms with Crippen molar-refractivity contribution in [2.24, 2.45) is 5.92 Å². The second-order valence-electron chi connectivity index (χ2n) is 8.26. The van der Waals surface area contributed by atoms with Crippen LogP contribution in [0.5, 0.6) is 0 Å². The Hall–Kier alpha value is -2.02. The molecule has 7 nitrogen and oxygen atoms in total. The second-order valence-corrected chi connectivity index (χ2v) is 8.26. The van der Waals surface area contributed by atoms with Gasteiger partial charge in [0.05, 0.1) is 6.54 Å². The van der Waals surface area contributed by atoms with Gasteiger partial charge >= 0.3 is 0 Å². The molecular weight excluding hydrogens is 352 g/mol.